The molecule has 0 unspecified atom stereocenters. The first kappa shape index (κ1) is 19.4. The van der Waals surface area contributed by atoms with E-state index in [2.05, 4.69) is 52.8 Å². The number of hydrogen-bond acceptors (Lipinski definition) is 6. The summed E-state index contributed by atoms with van der Waals surface area (Å²) in [7, 11) is 3.63. The summed E-state index contributed by atoms with van der Waals surface area (Å²) in [5.74, 6) is 1.56. The Balaban J connectivity index is 0.00000225. The molecule has 0 atom stereocenters. The van der Waals surface area contributed by atoms with E-state index in [0.717, 1.165) is 35.9 Å². The number of halogens is 1. The third kappa shape index (κ3) is 5.01. The molecule has 0 bridgehead atoms. The molecule has 134 valence electrons. The lowest BCUT2D eigenvalue weighted by molar-refractivity contribution is 0.785. The van der Waals surface area contributed by atoms with Crippen molar-refractivity contribution >= 4 is 58.1 Å². The van der Waals surface area contributed by atoms with Gasteiger partial charge in [-0.15, -0.1) is 24.0 Å². The minimum Gasteiger partial charge on any atom is -0.368 e. The molecule has 0 aliphatic heterocycles. The van der Waals surface area contributed by atoms with E-state index in [1.54, 1.807) is 35.6 Å². The van der Waals surface area contributed by atoms with Gasteiger partial charge >= 0.3 is 0 Å². The summed E-state index contributed by atoms with van der Waals surface area (Å²) in [6.07, 6.45) is 3.31. The smallest absolute Gasteiger partial charge is 0.191 e. The predicted octanol–water partition coefficient (Wildman–Crippen LogP) is 1.82. The second kappa shape index (κ2) is 9.51. The van der Waals surface area contributed by atoms with Crippen LogP contribution in [-0.4, -0.2) is 45.8 Å². The number of fused-ring (bicyclic) bond motifs is 1. The lowest BCUT2D eigenvalue weighted by Crippen LogP contribution is -2.39. The van der Waals surface area contributed by atoms with Gasteiger partial charge in [0.1, 0.15) is 12.1 Å². The van der Waals surface area contributed by atoms with Gasteiger partial charge in [-0.05, 0) is 22.4 Å². The summed E-state index contributed by atoms with van der Waals surface area (Å²) in [4.78, 5) is 12.7. The number of nitrogens with one attached hydrogen (secondary N) is 3. The van der Waals surface area contributed by atoms with Gasteiger partial charge in [-0.25, -0.2) is 9.97 Å². The van der Waals surface area contributed by atoms with Crippen LogP contribution in [0.3, 0.4) is 0 Å². The molecular weight excluding hydrogens is 451 g/mol. The Bertz CT molecular complexity index is 814. The molecule has 3 rings (SSSR count). The van der Waals surface area contributed by atoms with E-state index in [9.17, 15) is 0 Å². The first-order chi connectivity index (χ1) is 11.8. The Labute approximate surface area is 167 Å². The van der Waals surface area contributed by atoms with E-state index in [4.69, 9.17) is 0 Å². The van der Waals surface area contributed by atoms with Gasteiger partial charge in [-0.2, -0.15) is 16.4 Å². The highest BCUT2D eigenvalue weighted by Gasteiger charge is 2.07. The quantitative estimate of drug-likeness (QED) is 0.220. The zero-order valence-electron chi connectivity index (χ0n) is 14.1. The molecule has 8 nitrogen and oxygen atoms in total. The summed E-state index contributed by atoms with van der Waals surface area (Å²) in [5.41, 5.74) is 2.06. The van der Waals surface area contributed by atoms with Gasteiger partial charge in [0.2, 0.25) is 0 Å². The second-order valence-electron chi connectivity index (χ2n) is 5.14. The van der Waals surface area contributed by atoms with Crippen molar-refractivity contribution in [2.24, 2.45) is 12.0 Å². The minimum absolute atomic E-state index is 0. The topological polar surface area (TPSA) is 92.1 Å². The van der Waals surface area contributed by atoms with Gasteiger partial charge < -0.3 is 16.0 Å². The predicted molar refractivity (Wildman–Crippen MR) is 113 cm³/mol. The van der Waals surface area contributed by atoms with E-state index in [1.165, 1.54) is 5.56 Å². The van der Waals surface area contributed by atoms with E-state index in [0.29, 0.717) is 6.54 Å². The number of guanidine groups is 1. The average molecular weight is 472 g/mol. The standard InChI is InChI=1S/C15H20N8S.HI/c1-16-15(19-7-11-3-6-24-9-11)18-5-4-17-13-12-8-22-23(2)14(12)21-10-20-13;/h3,6,8-10H,4-5,7H2,1-2H3,(H2,16,18,19)(H,17,20,21);1H. The molecule has 0 radical (unpaired) electrons. The number of hydrogen-bond donors (Lipinski definition) is 3. The van der Waals surface area contributed by atoms with Crippen LogP contribution < -0.4 is 16.0 Å². The molecule has 0 aliphatic carbocycles. The Morgan fingerprint density at radius 2 is 2.16 bits per heavy atom. The van der Waals surface area contributed by atoms with Crippen LogP contribution in [0.5, 0.6) is 0 Å². The molecule has 10 heteroatoms. The summed E-state index contributed by atoms with van der Waals surface area (Å²) >= 11 is 1.69. The maximum absolute atomic E-state index is 4.28. The van der Waals surface area contributed by atoms with E-state index >= 15 is 0 Å². The average Bonchev–Trinajstić information content (AvgIpc) is 3.25. The van der Waals surface area contributed by atoms with Crippen molar-refractivity contribution in [2.45, 2.75) is 6.54 Å². The minimum atomic E-state index is 0. The van der Waals surface area contributed by atoms with Crippen molar-refractivity contribution in [3.05, 3.63) is 34.9 Å². The zero-order chi connectivity index (χ0) is 16.8. The summed E-state index contributed by atoms with van der Waals surface area (Å²) in [6, 6.07) is 2.10. The van der Waals surface area contributed by atoms with Crippen LogP contribution in [0.4, 0.5) is 5.82 Å². The van der Waals surface area contributed by atoms with Crippen LogP contribution in [-0.2, 0) is 13.6 Å². The van der Waals surface area contributed by atoms with Gasteiger partial charge in [0.25, 0.3) is 0 Å². The SMILES string of the molecule is CN=C(NCCNc1ncnc2c1cnn2C)NCc1ccsc1.I. The van der Waals surface area contributed by atoms with E-state index in [1.807, 2.05) is 7.05 Å². The Hall–Kier alpha value is -1.95. The Kier molecular flexibility index (Phi) is 7.37. The van der Waals surface area contributed by atoms with Crippen LogP contribution in [0.1, 0.15) is 5.56 Å². The number of aliphatic imine (C=N–C) groups is 1. The molecule has 0 saturated carbocycles. The van der Waals surface area contributed by atoms with Crippen LogP contribution in [0.15, 0.2) is 34.3 Å². The molecule has 0 aromatic carbocycles. The number of thiophene rings is 1. The third-order valence-corrected chi connectivity index (χ3v) is 4.24. The van der Waals surface area contributed by atoms with Crippen molar-refractivity contribution in [1.29, 1.82) is 0 Å². The number of aromatic nitrogens is 4. The molecule has 0 spiro atoms. The summed E-state index contributed by atoms with van der Waals surface area (Å²) in [6.45, 7) is 2.19. The van der Waals surface area contributed by atoms with Gasteiger partial charge in [0.15, 0.2) is 11.6 Å². The van der Waals surface area contributed by atoms with Crippen LogP contribution in [0, 0.1) is 0 Å². The van der Waals surface area contributed by atoms with E-state index in [-0.39, 0.29) is 24.0 Å². The highest BCUT2D eigenvalue weighted by atomic mass is 127. The van der Waals surface area contributed by atoms with Crippen LogP contribution in [0.2, 0.25) is 0 Å². The Morgan fingerprint density at radius 3 is 2.92 bits per heavy atom. The first-order valence-electron chi connectivity index (χ1n) is 7.60. The van der Waals surface area contributed by atoms with Crippen molar-refractivity contribution in [3.8, 4) is 0 Å². The maximum atomic E-state index is 4.28. The molecule has 0 fully saturated rings. The molecule has 0 saturated heterocycles. The Morgan fingerprint density at radius 1 is 1.28 bits per heavy atom. The largest absolute Gasteiger partial charge is 0.368 e. The highest BCUT2D eigenvalue weighted by molar-refractivity contribution is 14.0. The normalized spacial score (nSPS) is 11.2. The molecule has 3 N–H and O–H groups in total. The van der Waals surface area contributed by atoms with Gasteiger partial charge in [0, 0.05) is 33.7 Å². The zero-order valence-corrected chi connectivity index (χ0v) is 17.2. The van der Waals surface area contributed by atoms with Crippen LogP contribution >= 0.6 is 35.3 Å². The van der Waals surface area contributed by atoms with Crippen LogP contribution in [0.25, 0.3) is 11.0 Å². The number of nitrogens with zero attached hydrogens (tertiary/aromatic N) is 5. The van der Waals surface area contributed by atoms with Gasteiger partial charge in [0.05, 0.1) is 11.6 Å². The molecular formula is C15H21IN8S. The van der Waals surface area contributed by atoms with Gasteiger partial charge in [-0.3, -0.25) is 9.67 Å². The van der Waals surface area contributed by atoms with Gasteiger partial charge in [-0.1, -0.05) is 0 Å². The lowest BCUT2D eigenvalue weighted by atomic mass is 10.3. The fraction of sp³-hybridized carbons (Fsp3) is 0.333. The van der Waals surface area contributed by atoms with Crippen molar-refractivity contribution in [2.75, 3.05) is 25.5 Å². The fourth-order valence-corrected chi connectivity index (χ4v) is 2.93. The first-order valence-corrected chi connectivity index (χ1v) is 8.54. The third-order valence-electron chi connectivity index (χ3n) is 3.50. The molecule has 3 aromatic heterocycles. The fourth-order valence-electron chi connectivity index (χ4n) is 2.26. The summed E-state index contributed by atoms with van der Waals surface area (Å²) < 4.78 is 1.73. The molecule has 25 heavy (non-hydrogen) atoms. The molecule has 3 heterocycles. The maximum Gasteiger partial charge on any atom is 0.191 e. The summed E-state index contributed by atoms with van der Waals surface area (Å²) in [5, 5.41) is 19.2. The molecule has 0 amide bonds. The number of aryl methyl sites for hydroxylation is 1. The van der Waals surface area contributed by atoms with Crippen molar-refractivity contribution < 1.29 is 0 Å². The van der Waals surface area contributed by atoms with Crippen molar-refractivity contribution in [3.63, 3.8) is 0 Å². The number of rotatable bonds is 6. The van der Waals surface area contributed by atoms with Crippen molar-refractivity contribution in [1.82, 2.24) is 30.4 Å². The van der Waals surface area contributed by atoms with E-state index < -0.39 is 0 Å². The lowest BCUT2D eigenvalue weighted by Gasteiger charge is -2.12. The highest BCUT2D eigenvalue weighted by Crippen LogP contribution is 2.16. The molecule has 0 aliphatic rings. The molecule has 3 aromatic rings. The number of anilines is 1. The second-order valence-corrected chi connectivity index (χ2v) is 5.92. The monoisotopic (exact) mass is 472 g/mol.